The third kappa shape index (κ3) is 6.11. The van der Waals surface area contributed by atoms with Gasteiger partial charge in [-0.2, -0.15) is 0 Å². The highest BCUT2D eigenvalue weighted by molar-refractivity contribution is 5.14. The summed E-state index contributed by atoms with van der Waals surface area (Å²) in [5.41, 5.74) is 4.23. The topological polar surface area (TPSA) is 20.2 Å². The minimum atomic E-state index is 0.252. The molecule has 1 unspecified atom stereocenters. The molecule has 1 atom stereocenters. The minimum Gasteiger partial charge on any atom is -0.396 e. The van der Waals surface area contributed by atoms with Crippen LogP contribution in [-0.4, -0.2) is 11.7 Å². The second-order valence-electron chi connectivity index (χ2n) is 4.37. The number of benzene rings is 1. The van der Waals surface area contributed by atoms with Crippen molar-refractivity contribution >= 4 is 0 Å². The van der Waals surface area contributed by atoms with Gasteiger partial charge in [0, 0.05) is 6.61 Å². The van der Waals surface area contributed by atoms with Crippen molar-refractivity contribution in [2.45, 2.75) is 32.1 Å². The SMILES string of the molecule is C=C=CC(CCO)CCCCc1ccccc1. The molecule has 0 radical (unpaired) electrons. The maximum absolute atomic E-state index is 8.93. The molecule has 0 spiro atoms. The smallest absolute Gasteiger partial charge is 0.0436 e. The Morgan fingerprint density at radius 3 is 2.59 bits per heavy atom. The van der Waals surface area contributed by atoms with E-state index in [-0.39, 0.29) is 6.61 Å². The lowest BCUT2D eigenvalue weighted by molar-refractivity contribution is 0.265. The molecule has 1 N–H and O–H groups in total. The van der Waals surface area contributed by atoms with Gasteiger partial charge in [-0.15, -0.1) is 5.73 Å². The van der Waals surface area contributed by atoms with Gasteiger partial charge in [-0.3, -0.25) is 0 Å². The number of aliphatic hydroxyl groups is 1. The third-order valence-electron chi connectivity index (χ3n) is 2.99. The first kappa shape index (κ1) is 13.8. The van der Waals surface area contributed by atoms with Gasteiger partial charge in [-0.25, -0.2) is 0 Å². The summed E-state index contributed by atoms with van der Waals surface area (Å²) in [5, 5.41) is 8.93. The van der Waals surface area contributed by atoms with Crippen molar-refractivity contribution in [3.05, 3.63) is 54.3 Å². The Bertz CT molecular complexity index is 336. The number of hydrogen-bond donors (Lipinski definition) is 1. The molecule has 92 valence electrons. The van der Waals surface area contributed by atoms with E-state index in [2.05, 4.69) is 42.6 Å². The molecule has 1 aromatic carbocycles. The van der Waals surface area contributed by atoms with Crippen LogP contribution in [-0.2, 0) is 6.42 Å². The van der Waals surface area contributed by atoms with Crippen LogP contribution in [0, 0.1) is 5.92 Å². The van der Waals surface area contributed by atoms with Gasteiger partial charge in [0.15, 0.2) is 0 Å². The Morgan fingerprint density at radius 2 is 1.94 bits per heavy atom. The van der Waals surface area contributed by atoms with Gasteiger partial charge in [-0.05, 0) is 43.2 Å². The van der Waals surface area contributed by atoms with Crippen LogP contribution >= 0.6 is 0 Å². The maximum atomic E-state index is 8.93. The molecule has 0 aliphatic heterocycles. The quantitative estimate of drug-likeness (QED) is 0.533. The summed E-state index contributed by atoms with van der Waals surface area (Å²) in [4.78, 5) is 0. The summed E-state index contributed by atoms with van der Waals surface area (Å²) < 4.78 is 0. The number of aryl methyl sites for hydroxylation is 1. The van der Waals surface area contributed by atoms with Gasteiger partial charge >= 0.3 is 0 Å². The largest absolute Gasteiger partial charge is 0.396 e. The molecule has 0 amide bonds. The number of allylic oxidation sites excluding steroid dienone is 1. The van der Waals surface area contributed by atoms with E-state index in [1.165, 1.54) is 18.4 Å². The Hall–Kier alpha value is -1.30. The Kier molecular flexibility index (Phi) is 7.13. The molecule has 0 aliphatic carbocycles. The summed E-state index contributed by atoms with van der Waals surface area (Å²) in [6.45, 7) is 3.85. The Morgan fingerprint density at radius 1 is 1.18 bits per heavy atom. The van der Waals surface area contributed by atoms with E-state index < -0.39 is 0 Å². The summed E-state index contributed by atoms with van der Waals surface area (Å²) in [7, 11) is 0. The second kappa shape index (κ2) is 8.81. The van der Waals surface area contributed by atoms with Gasteiger partial charge in [0.1, 0.15) is 0 Å². The van der Waals surface area contributed by atoms with E-state index in [1.54, 1.807) is 0 Å². The minimum absolute atomic E-state index is 0.252. The molecule has 17 heavy (non-hydrogen) atoms. The number of unbranched alkanes of at least 4 members (excludes halogenated alkanes) is 1. The van der Waals surface area contributed by atoms with Crippen LogP contribution in [0.1, 0.15) is 31.2 Å². The van der Waals surface area contributed by atoms with Crippen molar-refractivity contribution in [3.8, 4) is 0 Å². The fourth-order valence-corrected chi connectivity index (χ4v) is 2.02. The maximum Gasteiger partial charge on any atom is 0.0436 e. The fraction of sp³-hybridized carbons (Fsp3) is 0.438. The first-order chi connectivity index (χ1) is 8.36. The first-order valence-corrected chi connectivity index (χ1v) is 6.37. The van der Waals surface area contributed by atoms with E-state index in [9.17, 15) is 0 Å². The molecule has 0 aliphatic rings. The van der Waals surface area contributed by atoms with E-state index in [4.69, 9.17) is 5.11 Å². The van der Waals surface area contributed by atoms with Crippen LogP contribution in [0.5, 0.6) is 0 Å². The highest BCUT2D eigenvalue weighted by Gasteiger charge is 2.03. The van der Waals surface area contributed by atoms with Crippen LogP contribution in [0.25, 0.3) is 0 Å². The zero-order chi connectivity index (χ0) is 12.3. The van der Waals surface area contributed by atoms with Crippen molar-refractivity contribution in [1.82, 2.24) is 0 Å². The van der Waals surface area contributed by atoms with Crippen molar-refractivity contribution < 1.29 is 5.11 Å². The predicted molar refractivity (Wildman–Crippen MR) is 72.9 cm³/mol. The van der Waals surface area contributed by atoms with Crippen LogP contribution in [0.4, 0.5) is 0 Å². The van der Waals surface area contributed by atoms with Gasteiger partial charge in [0.25, 0.3) is 0 Å². The standard InChI is InChI=1S/C16H22O/c1-2-8-15(13-14-17)11-6-7-12-16-9-4-3-5-10-16/h3-5,8-10,15,17H,1,6-7,11-14H2. The molecule has 0 fully saturated rings. The highest BCUT2D eigenvalue weighted by atomic mass is 16.3. The number of aliphatic hydroxyl groups excluding tert-OH is 1. The molecule has 1 nitrogen and oxygen atoms in total. The van der Waals surface area contributed by atoms with Crippen molar-refractivity contribution in [3.63, 3.8) is 0 Å². The lowest BCUT2D eigenvalue weighted by atomic mass is 9.97. The highest BCUT2D eigenvalue weighted by Crippen LogP contribution is 2.15. The normalized spacial score (nSPS) is 11.8. The van der Waals surface area contributed by atoms with Crippen molar-refractivity contribution in [1.29, 1.82) is 0 Å². The van der Waals surface area contributed by atoms with E-state index in [0.29, 0.717) is 5.92 Å². The summed E-state index contributed by atoms with van der Waals surface area (Å²) in [5.74, 6) is 0.438. The molecular weight excluding hydrogens is 208 g/mol. The molecule has 0 bridgehead atoms. The van der Waals surface area contributed by atoms with Gasteiger partial charge in [0.05, 0.1) is 0 Å². The molecule has 0 saturated heterocycles. The van der Waals surface area contributed by atoms with Gasteiger partial charge in [-0.1, -0.05) is 43.3 Å². The summed E-state index contributed by atoms with van der Waals surface area (Å²) in [6.07, 6.45) is 7.47. The Labute approximate surface area is 104 Å². The molecule has 0 aromatic heterocycles. The monoisotopic (exact) mass is 230 g/mol. The van der Waals surface area contributed by atoms with Crippen LogP contribution in [0.2, 0.25) is 0 Å². The fourth-order valence-electron chi connectivity index (χ4n) is 2.02. The molecule has 1 rings (SSSR count). The lowest BCUT2D eigenvalue weighted by Gasteiger charge is -2.09. The average molecular weight is 230 g/mol. The third-order valence-corrected chi connectivity index (χ3v) is 2.99. The van der Waals surface area contributed by atoms with Gasteiger partial charge in [0.2, 0.25) is 0 Å². The molecular formula is C16H22O. The molecule has 1 heteroatoms. The van der Waals surface area contributed by atoms with Crippen LogP contribution in [0.15, 0.2) is 48.7 Å². The van der Waals surface area contributed by atoms with Crippen molar-refractivity contribution in [2.75, 3.05) is 6.61 Å². The first-order valence-electron chi connectivity index (χ1n) is 6.37. The summed E-state index contributed by atoms with van der Waals surface area (Å²) in [6, 6.07) is 10.6. The predicted octanol–water partition coefficient (Wildman–Crippen LogP) is 3.74. The zero-order valence-corrected chi connectivity index (χ0v) is 10.4. The number of hydrogen-bond acceptors (Lipinski definition) is 1. The Balaban J connectivity index is 2.20. The molecule has 0 heterocycles. The zero-order valence-electron chi connectivity index (χ0n) is 10.4. The van der Waals surface area contributed by atoms with Crippen LogP contribution in [0.3, 0.4) is 0 Å². The number of rotatable bonds is 8. The van der Waals surface area contributed by atoms with E-state index in [1.807, 2.05) is 6.08 Å². The van der Waals surface area contributed by atoms with Crippen molar-refractivity contribution in [2.24, 2.45) is 5.92 Å². The van der Waals surface area contributed by atoms with Crippen LogP contribution < -0.4 is 0 Å². The summed E-state index contributed by atoms with van der Waals surface area (Å²) >= 11 is 0. The molecule has 1 aromatic rings. The average Bonchev–Trinajstić information content (AvgIpc) is 2.36. The van der Waals surface area contributed by atoms with E-state index >= 15 is 0 Å². The second-order valence-corrected chi connectivity index (χ2v) is 4.37. The van der Waals surface area contributed by atoms with Gasteiger partial charge < -0.3 is 5.11 Å². The lowest BCUT2D eigenvalue weighted by Crippen LogP contribution is -2.00. The molecule has 0 saturated carbocycles. The van der Waals surface area contributed by atoms with E-state index in [0.717, 1.165) is 19.3 Å².